The van der Waals surface area contributed by atoms with Crippen LogP contribution in [0.25, 0.3) is 0 Å². The number of aliphatic hydroxyl groups is 1. The molecule has 0 aromatic carbocycles. The van der Waals surface area contributed by atoms with Gasteiger partial charge in [-0.1, -0.05) is 0 Å². The van der Waals surface area contributed by atoms with Crippen LogP contribution in [0.1, 0.15) is 32.6 Å². The van der Waals surface area contributed by atoms with Crippen LogP contribution in [0.3, 0.4) is 0 Å². The van der Waals surface area contributed by atoms with Gasteiger partial charge < -0.3 is 10.8 Å². The molecule has 2 aliphatic heterocycles. The molecule has 2 bridgehead atoms. The average molecular weight is 184 g/mol. The van der Waals surface area contributed by atoms with E-state index in [0.717, 1.165) is 18.6 Å². The molecule has 2 saturated heterocycles. The fraction of sp³-hybridized carbons (Fsp3) is 1.00. The van der Waals surface area contributed by atoms with Gasteiger partial charge in [-0.15, -0.1) is 0 Å². The second kappa shape index (κ2) is 3.23. The van der Waals surface area contributed by atoms with Crippen LogP contribution < -0.4 is 5.73 Å². The molecule has 13 heavy (non-hydrogen) atoms. The highest BCUT2D eigenvalue weighted by molar-refractivity contribution is 4.97. The van der Waals surface area contributed by atoms with Gasteiger partial charge in [-0.3, -0.25) is 4.90 Å². The van der Waals surface area contributed by atoms with Gasteiger partial charge in [0.05, 0.1) is 5.60 Å². The Morgan fingerprint density at radius 3 is 2.15 bits per heavy atom. The van der Waals surface area contributed by atoms with Gasteiger partial charge in [0.15, 0.2) is 0 Å². The molecule has 3 N–H and O–H groups in total. The minimum atomic E-state index is -0.689. The van der Waals surface area contributed by atoms with E-state index in [1.54, 1.807) is 0 Å². The second-order valence-corrected chi connectivity index (χ2v) is 4.84. The van der Waals surface area contributed by atoms with E-state index >= 15 is 0 Å². The van der Waals surface area contributed by atoms with Crippen molar-refractivity contribution in [3.05, 3.63) is 0 Å². The second-order valence-electron chi connectivity index (χ2n) is 4.84. The molecule has 1 atom stereocenters. The summed E-state index contributed by atoms with van der Waals surface area (Å²) in [6.07, 6.45) is 5.30. The van der Waals surface area contributed by atoms with E-state index in [1.807, 2.05) is 6.92 Å². The van der Waals surface area contributed by atoms with Crippen molar-refractivity contribution in [3.8, 4) is 0 Å². The highest BCUT2D eigenvalue weighted by Gasteiger charge is 2.41. The third-order valence-corrected chi connectivity index (χ3v) is 3.57. The average Bonchev–Trinajstić information content (AvgIpc) is 2.65. The molecule has 3 nitrogen and oxygen atoms in total. The fourth-order valence-corrected chi connectivity index (χ4v) is 2.74. The van der Waals surface area contributed by atoms with Crippen LogP contribution in [0, 0.1) is 0 Å². The van der Waals surface area contributed by atoms with Gasteiger partial charge >= 0.3 is 0 Å². The monoisotopic (exact) mass is 184 g/mol. The fourth-order valence-electron chi connectivity index (χ4n) is 2.74. The van der Waals surface area contributed by atoms with E-state index in [-0.39, 0.29) is 0 Å². The quantitative estimate of drug-likeness (QED) is 0.664. The Morgan fingerprint density at radius 2 is 1.77 bits per heavy atom. The molecule has 2 rings (SSSR count). The summed E-state index contributed by atoms with van der Waals surface area (Å²) in [6.45, 7) is 2.96. The molecule has 0 aromatic rings. The van der Waals surface area contributed by atoms with E-state index in [9.17, 15) is 5.11 Å². The predicted octanol–water partition coefficient (Wildman–Crippen LogP) is 0.323. The van der Waals surface area contributed by atoms with E-state index < -0.39 is 5.60 Å². The Balaban J connectivity index is 1.95. The van der Waals surface area contributed by atoms with Crippen molar-refractivity contribution in [1.29, 1.82) is 0 Å². The Hall–Kier alpha value is -0.120. The van der Waals surface area contributed by atoms with E-state index in [4.69, 9.17) is 5.73 Å². The topological polar surface area (TPSA) is 49.5 Å². The molecular weight excluding hydrogens is 164 g/mol. The van der Waals surface area contributed by atoms with Crippen molar-refractivity contribution in [2.24, 2.45) is 5.73 Å². The first-order valence-electron chi connectivity index (χ1n) is 5.30. The van der Waals surface area contributed by atoms with Crippen LogP contribution in [0.2, 0.25) is 0 Å². The van der Waals surface area contributed by atoms with Crippen LogP contribution in [0.15, 0.2) is 0 Å². The Morgan fingerprint density at radius 1 is 1.31 bits per heavy atom. The summed E-state index contributed by atoms with van der Waals surface area (Å²) in [4.78, 5) is 2.47. The number of nitrogens with two attached hydrogens (primary N) is 1. The maximum atomic E-state index is 9.88. The highest BCUT2D eigenvalue weighted by atomic mass is 16.3. The van der Waals surface area contributed by atoms with Crippen LogP contribution in [0.4, 0.5) is 0 Å². The maximum absolute atomic E-state index is 9.88. The van der Waals surface area contributed by atoms with Gasteiger partial charge in [0, 0.05) is 25.2 Å². The van der Waals surface area contributed by atoms with Gasteiger partial charge in [0.2, 0.25) is 0 Å². The molecule has 0 spiro atoms. The zero-order valence-corrected chi connectivity index (χ0v) is 8.37. The van der Waals surface area contributed by atoms with Gasteiger partial charge in [-0.25, -0.2) is 0 Å². The predicted molar refractivity (Wildman–Crippen MR) is 52.4 cm³/mol. The van der Waals surface area contributed by atoms with Crippen molar-refractivity contribution >= 4 is 0 Å². The highest BCUT2D eigenvalue weighted by Crippen LogP contribution is 2.37. The first kappa shape index (κ1) is 9.44. The minimum Gasteiger partial charge on any atom is -0.388 e. The molecule has 3 heteroatoms. The molecule has 0 radical (unpaired) electrons. The molecule has 2 fully saturated rings. The standard InChI is InChI=1S/C10H20N2O/c1-10(13,6-11)7-12-8-2-3-9(12)5-4-8/h8-9,13H,2-7,11H2,1H3. The largest absolute Gasteiger partial charge is 0.388 e. The van der Waals surface area contributed by atoms with Gasteiger partial charge in [-0.05, 0) is 32.6 Å². The Kier molecular flexibility index (Phi) is 2.34. The number of rotatable bonds is 3. The molecule has 0 aliphatic carbocycles. The summed E-state index contributed by atoms with van der Waals surface area (Å²) >= 11 is 0. The first-order valence-corrected chi connectivity index (χ1v) is 5.30. The zero-order valence-electron chi connectivity index (χ0n) is 8.37. The third-order valence-electron chi connectivity index (χ3n) is 3.57. The van der Waals surface area contributed by atoms with Crippen molar-refractivity contribution in [2.75, 3.05) is 13.1 Å². The summed E-state index contributed by atoms with van der Waals surface area (Å²) in [5, 5.41) is 9.88. The van der Waals surface area contributed by atoms with E-state index in [0.29, 0.717) is 6.54 Å². The van der Waals surface area contributed by atoms with Crippen molar-refractivity contribution in [3.63, 3.8) is 0 Å². The summed E-state index contributed by atoms with van der Waals surface area (Å²) in [5.41, 5.74) is 4.83. The van der Waals surface area contributed by atoms with E-state index in [2.05, 4.69) is 4.90 Å². The molecule has 2 heterocycles. The molecule has 1 unspecified atom stereocenters. The molecule has 0 saturated carbocycles. The van der Waals surface area contributed by atoms with Crippen molar-refractivity contribution < 1.29 is 5.11 Å². The van der Waals surface area contributed by atoms with Gasteiger partial charge in [0.25, 0.3) is 0 Å². The maximum Gasteiger partial charge on any atom is 0.0867 e. The van der Waals surface area contributed by atoms with Crippen molar-refractivity contribution in [1.82, 2.24) is 4.90 Å². The summed E-state index contributed by atoms with van der Waals surface area (Å²) in [6, 6.07) is 1.48. The lowest BCUT2D eigenvalue weighted by molar-refractivity contribution is 0.0217. The van der Waals surface area contributed by atoms with Crippen LogP contribution >= 0.6 is 0 Å². The number of hydrogen-bond acceptors (Lipinski definition) is 3. The number of fused-ring (bicyclic) bond motifs is 2. The SMILES string of the molecule is CC(O)(CN)CN1C2CCC1CC2. The van der Waals surface area contributed by atoms with Crippen LogP contribution in [-0.4, -0.2) is 40.8 Å². The third kappa shape index (κ3) is 1.73. The lowest BCUT2D eigenvalue weighted by atomic mass is 10.0. The molecule has 76 valence electrons. The summed E-state index contributed by atoms with van der Waals surface area (Å²) in [7, 11) is 0. The zero-order chi connectivity index (χ0) is 9.47. The molecule has 0 amide bonds. The smallest absolute Gasteiger partial charge is 0.0867 e. The normalized spacial score (nSPS) is 38.1. The summed E-state index contributed by atoms with van der Waals surface area (Å²) in [5.74, 6) is 0. The Labute approximate surface area is 79.9 Å². The van der Waals surface area contributed by atoms with Gasteiger partial charge in [0.1, 0.15) is 0 Å². The lowest BCUT2D eigenvalue weighted by Gasteiger charge is -2.30. The molecule has 2 aliphatic rings. The first-order chi connectivity index (χ1) is 6.12. The van der Waals surface area contributed by atoms with Gasteiger partial charge in [-0.2, -0.15) is 0 Å². The summed E-state index contributed by atoms with van der Waals surface area (Å²) < 4.78 is 0. The minimum absolute atomic E-state index is 0.364. The number of nitrogens with zero attached hydrogens (tertiary/aromatic N) is 1. The van der Waals surface area contributed by atoms with Crippen LogP contribution in [-0.2, 0) is 0 Å². The molecular formula is C10H20N2O. The molecule has 0 aromatic heterocycles. The van der Waals surface area contributed by atoms with E-state index in [1.165, 1.54) is 25.7 Å². The number of hydrogen-bond donors (Lipinski definition) is 2. The lowest BCUT2D eigenvalue weighted by Crippen LogP contribution is -2.47. The van der Waals surface area contributed by atoms with Crippen molar-refractivity contribution in [2.45, 2.75) is 50.3 Å². The van der Waals surface area contributed by atoms with Crippen LogP contribution in [0.5, 0.6) is 0 Å². The Bertz CT molecular complexity index is 173.